The summed E-state index contributed by atoms with van der Waals surface area (Å²) in [5.41, 5.74) is 2.83. The van der Waals surface area contributed by atoms with E-state index in [1.165, 1.54) is 11.0 Å². The van der Waals surface area contributed by atoms with Gasteiger partial charge in [0, 0.05) is 42.7 Å². The van der Waals surface area contributed by atoms with Crippen LogP contribution in [0.25, 0.3) is 17.0 Å². The SMILES string of the molecule is O=C1S/C(=C\c2cn(Cc3ccccc3F)c3ccc(Br)cc23)C(=O)N1Cc1ccc(Cl)cc1Cl. The number of carbonyl (C=O) groups excluding carboxylic acids is 2. The zero-order valence-electron chi connectivity index (χ0n) is 18.0. The highest BCUT2D eigenvalue weighted by atomic mass is 79.9. The number of halogens is 4. The molecule has 0 bridgehead atoms. The molecule has 2 amide bonds. The summed E-state index contributed by atoms with van der Waals surface area (Å²) in [4.78, 5) is 27.3. The van der Waals surface area contributed by atoms with Crippen LogP contribution in [0.2, 0.25) is 10.0 Å². The van der Waals surface area contributed by atoms with Crippen LogP contribution in [0.4, 0.5) is 9.18 Å². The standard InChI is InChI=1S/C26H16BrCl2FN2O2S/c27-18-6-8-23-20(10-18)17(13-31(23)12-16-3-1-2-4-22(16)30)9-24-25(33)32(26(34)35-24)14-15-5-7-19(28)11-21(15)29/h1-11,13H,12,14H2/b24-9-. The fourth-order valence-corrected chi connectivity index (χ4v) is 5.61. The van der Waals surface area contributed by atoms with Crippen LogP contribution in [-0.2, 0) is 17.9 Å². The summed E-state index contributed by atoms with van der Waals surface area (Å²) < 4.78 is 17.1. The van der Waals surface area contributed by atoms with Crippen molar-refractivity contribution < 1.29 is 14.0 Å². The molecule has 2 heterocycles. The number of rotatable bonds is 5. The molecule has 4 aromatic rings. The summed E-state index contributed by atoms with van der Waals surface area (Å²) in [6, 6.07) is 17.4. The summed E-state index contributed by atoms with van der Waals surface area (Å²) in [7, 11) is 0. The van der Waals surface area contributed by atoms with Gasteiger partial charge in [-0.3, -0.25) is 14.5 Å². The van der Waals surface area contributed by atoms with E-state index in [-0.39, 0.29) is 17.6 Å². The van der Waals surface area contributed by atoms with Gasteiger partial charge in [-0.05, 0) is 59.8 Å². The maximum absolute atomic E-state index is 14.3. The third-order valence-corrected chi connectivity index (χ3v) is 7.66. The van der Waals surface area contributed by atoms with Crippen LogP contribution in [0.3, 0.4) is 0 Å². The minimum Gasteiger partial charge on any atom is -0.342 e. The van der Waals surface area contributed by atoms with Crippen molar-refractivity contribution in [3.05, 3.63) is 109 Å². The molecule has 0 atom stereocenters. The highest BCUT2D eigenvalue weighted by Gasteiger charge is 2.35. The van der Waals surface area contributed by atoms with E-state index in [9.17, 15) is 14.0 Å². The second-order valence-corrected chi connectivity index (χ2v) is 10.7. The molecule has 0 radical (unpaired) electrons. The van der Waals surface area contributed by atoms with Crippen LogP contribution in [0.1, 0.15) is 16.7 Å². The van der Waals surface area contributed by atoms with Crippen molar-refractivity contribution in [1.82, 2.24) is 9.47 Å². The maximum Gasteiger partial charge on any atom is 0.293 e. The van der Waals surface area contributed by atoms with E-state index in [0.29, 0.717) is 32.6 Å². The molecule has 1 aliphatic heterocycles. The van der Waals surface area contributed by atoms with Gasteiger partial charge in [-0.2, -0.15) is 0 Å². The summed E-state index contributed by atoms with van der Waals surface area (Å²) in [5.74, 6) is -0.675. The number of hydrogen-bond acceptors (Lipinski definition) is 3. The second kappa shape index (κ2) is 9.82. The molecular formula is C26H16BrCl2FN2O2S. The molecule has 1 saturated heterocycles. The van der Waals surface area contributed by atoms with Gasteiger partial charge in [0.15, 0.2) is 0 Å². The topological polar surface area (TPSA) is 42.3 Å². The predicted octanol–water partition coefficient (Wildman–Crippen LogP) is 8.13. The number of benzene rings is 3. The zero-order valence-corrected chi connectivity index (χ0v) is 21.9. The largest absolute Gasteiger partial charge is 0.342 e. The van der Waals surface area contributed by atoms with Gasteiger partial charge in [0.25, 0.3) is 11.1 Å². The Hall–Kier alpha value is -2.58. The molecule has 0 N–H and O–H groups in total. The molecule has 0 spiro atoms. The van der Waals surface area contributed by atoms with Crippen molar-refractivity contribution in [2.75, 3.05) is 0 Å². The minimum absolute atomic E-state index is 0.0542. The number of nitrogens with zero attached hydrogens (tertiary/aromatic N) is 2. The summed E-state index contributed by atoms with van der Waals surface area (Å²) >= 11 is 16.6. The second-order valence-electron chi connectivity index (χ2n) is 7.97. The molecular weight excluding hydrogens is 574 g/mol. The first-order valence-electron chi connectivity index (χ1n) is 10.5. The lowest BCUT2D eigenvalue weighted by molar-refractivity contribution is -0.123. The number of imide groups is 1. The predicted molar refractivity (Wildman–Crippen MR) is 143 cm³/mol. The Labute approximate surface area is 223 Å². The third kappa shape index (κ3) is 4.91. The Balaban J connectivity index is 1.49. The van der Waals surface area contributed by atoms with Crippen LogP contribution in [0.15, 0.2) is 76.2 Å². The first-order valence-corrected chi connectivity index (χ1v) is 12.9. The van der Waals surface area contributed by atoms with Gasteiger partial charge in [-0.15, -0.1) is 0 Å². The smallest absolute Gasteiger partial charge is 0.293 e. The van der Waals surface area contributed by atoms with E-state index in [4.69, 9.17) is 23.2 Å². The van der Waals surface area contributed by atoms with Crippen LogP contribution in [0.5, 0.6) is 0 Å². The van der Waals surface area contributed by atoms with E-state index in [2.05, 4.69) is 15.9 Å². The van der Waals surface area contributed by atoms with Crippen LogP contribution in [0, 0.1) is 5.82 Å². The minimum atomic E-state index is -0.393. The molecule has 1 aliphatic rings. The monoisotopic (exact) mass is 588 g/mol. The van der Waals surface area contributed by atoms with Crippen molar-refractivity contribution in [2.45, 2.75) is 13.1 Å². The molecule has 1 fully saturated rings. The number of thioether (sulfide) groups is 1. The van der Waals surface area contributed by atoms with Crippen molar-refractivity contribution >= 4 is 79.0 Å². The highest BCUT2D eigenvalue weighted by Crippen LogP contribution is 2.36. The molecule has 4 nitrogen and oxygen atoms in total. The highest BCUT2D eigenvalue weighted by molar-refractivity contribution is 9.10. The van der Waals surface area contributed by atoms with Crippen molar-refractivity contribution in [3.8, 4) is 0 Å². The van der Waals surface area contributed by atoms with Crippen molar-refractivity contribution in [2.24, 2.45) is 0 Å². The Morgan fingerprint density at radius 2 is 1.77 bits per heavy atom. The summed E-state index contributed by atoms with van der Waals surface area (Å²) in [6.45, 7) is 0.383. The summed E-state index contributed by atoms with van der Waals surface area (Å²) in [5, 5.41) is 1.37. The molecule has 0 unspecified atom stereocenters. The average molecular weight is 590 g/mol. The van der Waals surface area contributed by atoms with E-state index in [1.54, 1.807) is 42.5 Å². The fourth-order valence-electron chi connectivity index (χ4n) is 3.95. The van der Waals surface area contributed by atoms with E-state index < -0.39 is 5.91 Å². The lowest BCUT2D eigenvalue weighted by Crippen LogP contribution is -2.27. The first-order chi connectivity index (χ1) is 16.8. The fraction of sp³-hybridized carbons (Fsp3) is 0.0769. The number of aromatic nitrogens is 1. The Kier molecular flexibility index (Phi) is 6.77. The van der Waals surface area contributed by atoms with Gasteiger partial charge in [0.1, 0.15) is 5.82 Å². The van der Waals surface area contributed by atoms with E-state index in [1.807, 2.05) is 29.0 Å². The van der Waals surface area contributed by atoms with Gasteiger partial charge in [0.2, 0.25) is 0 Å². The number of carbonyl (C=O) groups is 2. The van der Waals surface area contributed by atoms with E-state index in [0.717, 1.165) is 32.7 Å². The molecule has 0 saturated carbocycles. The molecule has 3 aromatic carbocycles. The summed E-state index contributed by atoms with van der Waals surface area (Å²) in [6.07, 6.45) is 3.58. The number of fused-ring (bicyclic) bond motifs is 1. The molecule has 9 heteroatoms. The molecule has 1 aromatic heterocycles. The van der Waals surface area contributed by atoms with Crippen molar-refractivity contribution in [1.29, 1.82) is 0 Å². The van der Waals surface area contributed by atoms with Crippen LogP contribution < -0.4 is 0 Å². The number of hydrogen-bond donors (Lipinski definition) is 0. The van der Waals surface area contributed by atoms with Gasteiger partial charge < -0.3 is 4.57 Å². The van der Waals surface area contributed by atoms with Gasteiger partial charge in [0.05, 0.1) is 18.0 Å². The Morgan fingerprint density at radius 3 is 2.54 bits per heavy atom. The third-order valence-electron chi connectivity index (χ3n) is 5.68. The number of amides is 2. The lowest BCUT2D eigenvalue weighted by atomic mass is 10.1. The Bertz CT molecular complexity index is 1540. The average Bonchev–Trinajstić information content (AvgIpc) is 3.28. The quantitative estimate of drug-likeness (QED) is 0.221. The van der Waals surface area contributed by atoms with Gasteiger partial charge >= 0.3 is 0 Å². The van der Waals surface area contributed by atoms with Crippen LogP contribution >= 0.6 is 50.9 Å². The molecule has 35 heavy (non-hydrogen) atoms. The van der Waals surface area contributed by atoms with E-state index >= 15 is 0 Å². The van der Waals surface area contributed by atoms with Crippen LogP contribution in [-0.4, -0.2) is 20.6 Å². The zero-order chi connectivity index (χ0) is 24.7. The molecule has 5 rings (SSSR count). The van der Waals surface area contributed by atoms with Crippen molar-refractivity contribution in [3.63, 3.8) is 0 Å². The van der Waals surface area contributed by atoms with Gasteiger partial charge in [-0.25, -0.2) is 4.39 Å². The molecule has 0 aliphatic carbocycles. The maximum atomic E-state index is 14.3. The lowest BCUT2D eigenvalue weighted by Gasteiger charge is -2.13. The first kappa shape index (κ1) is 24.1. The van der Waals surface area contributed by atoms with Gasteiger partial charge in [-0.1, -0.05) is 63.4 Å². The molecule has 176 valence electrons. The normalized spacial score (nSPS) is 15.1. The Morgan fingerprint density at radius 1 is 0.971 bits per heavy atom.